The van der Waals surface area contributed by atoms with E-state index in [2.05, 4.69) is 6.92 Å². The molecule has 0 rings (SSSR count). The number of aliphatic hydroxyl groups excluding tert-OH is 1. The van der Waals surface area contributed by atoms with E-state index in [4.69, 9.17) is 4.74 Å². The van der Waals surface area contributed by atoms with Gasteiger partial charge in [0, 0.05) is 12.4 Å². The van der Waals surface area contributed by atoms with Crippen LogP contribution in [0.4, 0.5) is 0 Å². The average molecular weight is 384 g/mol. The normalized spacial score (nSPS) is 13.7. The third-order valence-corrected chi connectivity index (χ3v) is 3.96. The monoisotopic (exact) mass is 383 g/mol. The maximum Gasteiger partial charge on any atom is 0.334 e. The number of likely N-dealkylation sites (N-methyl/N-ethyl adjacent to an activating group) is 1. The lowest BCUT2D eigenvalue weighted by Crippen LogP contribution is -2.45. The number of rotatable bonds is 15. The van der Waals surface area contributed by atoms with Crippen molar-refractivity contribution >= 4 is 11.9 Å². The first kappa shape index (κ1) is 25.2. The van der Waals surface area contributed by atoms with Crippen molar-refractivity contribution in [3.05, 3.63) is 24.0 Å². The van der Waals surface area contributed by atoms with E-state index in [-0.39, 0.29) is 12.2 Å². The van der Waals surface area contributed by atoms with Gasteiger partial charge in [0.05, 0.1) is 27.2 Å². The van der Waals surface area contributed by atoms with Crippen molar-refractivity contribution < 1.29 is 29.0 Å². The van der Waals surface area contributed by atoms with Crippen molar-refractivity contribution in [2.45, 2.75) is 70.8 Å². The number of aliphatic carboxylic acids is 1. The molecule has 0 aromatic rings. The van der Waals surface area contributed by atoms with Crippen LogP contribution in [0.3, 0.4) is 0 Å². The van der Waals surface area contributed by atoms with Crippen molar-refractivity contribution in [3.63, 3.8) is 0 Å². The number of unbranched alkanes of at least 4 members (excludes halogenated alkanes) is 7. The molecular formula is C21H37NO5. The molecule has 0 aromatic heterocycles. The number of carbonyl (C=O) groups excluding carboxylic acids is 2. The Kier molecular flexibility index (Phi) is 13.3. The van der Waals surface area contributed by atoms with Gasteiger partial charge in [-0.2, -0.15) is 0 Å². The van der Waals surface area contributed by atoms with Crippen molar-refractivity contribution in [2.75, 3.05) is 27.7 Å². The number of carboxylic acids is 1. The molecule has 0 aliphatic carbocycles. The van der Waals surface area contributed by atoms with Crippen LogP contribution in [-0.2, 0) is 14.3 Å². The summed E-state index contributed by atoms with van der Waals surface area (Å²) in [5.74, 6) is -2.22. The average Bonchev–Trinajstić information content (AvgIpc) is 2.50. The summed E-state index contributed by atoms with van der Waals surface area (Å²) in [6, 6.07) is 0. The van der Waals surface area contributed by atoms with Gasteiger partial charge in [-0.25, -0.2) is 4.79 Å². The van der Waals surface area contributed by atoms with Gasteiger partial charge in [-0.1, -0.05) is 51.5 Å². The van der Waals surface area contributed by atoms with Gasteiger partial charge >= 0.3 is 5.97 Å². The lowest BCUT2D eigenvalue weighted by atomic mass is 10.1. The Morgan fingerprint density at radius 2 is 1.67 bits per heavy atom. The smallest absolute Gasteiger partial charge is 0.334 e. The van der Waals surface area contributed by atoms with E-state index in [0.29, 0.717) is 11.0 Å². The molecule has 1 N–H and O–H groups in total. The molecule has 0 aliphatic heterocycles. The molecule has 0 amide bonds. The molecule has 1 unspecified atom stereocenters. The highest BCUT2D eigenvalue weighted by molar-refractivity contribution is 5.83. The molecular weight excluding hydrogens is 346 g/mol. The maximum atomic E-state index is 11.9. The zero-order valence-corrected chi connectivity index (χ0v) is 17.4. The van der Waals surface area contributed by atoms with Crippen LogP contribution in [0.5, 0.6) is 0 Å². The van der Waals surface area contributed by atoms with E-state index in [9.17, 15) is 19.8 Å². The Hall–Kier alpha value is -1.82. The number of ether oxygens (including phenoxy) is 1. The maximum absolute atomic E-state index is 11.9. The van der Waals surface area contributed by atoms with E-state index in [1.807, 2.05) is 27.2 Å². The van der Waals surface area contributed by atoms with Crippen LogP contribution in [0.15, 0.2) is 24.0 Å². The van der Waals surface area contributed by atoms with Crippen LogP contribution in [0, 0.1) is 0 Å². The van der Waals surface area contributed by atoms with Gasteiger partial charge < -0.3 is 24.2 Å². The minimum absolute atomic E-state index is 0.194. The summed E-state index contributed by atoms with van der Waals surface area (Å²) in [4.78, 5) is 22.7. The highest BCUT2D eigenvalue weighted by Crippen LogP contribution is 2.09. The van der Waals surface area contributed by atoms with E-state index >= 15 is 0 Å². The van der Waals surface area contributed by atoms with Crippen LogP contribution < -0.4 is 5.11 Å². The van der Waals surface area contributed by atoms with Crippen LogP contribution in [0.25, 0.3) is 0 Å². The Morgan fingerprint density at radius 1 is 1.07 bits per heavy atom. The summed E-state index contributed by atoms with van der Waals surface area (Å²) in [5.41, 5.74) is 0. The third kappa shape index (κ3) is 17.4. The van der Waals surface area contributed by atoms with Crippen molar-refractivity contribution in [3.8, 4) is 0 Å². The lowest BCUT2D eigenvalue weighted by molar-refractivity contribution is -0.873. The lowest BCUT2D eigenvalue weighted by Gasteiger charge is -2.29. The number of quaternary nitrogens is 1. The molecule has 1 atom stereocenters. The van der Waals surface area contributed by atoms with E-state index in [1.165, 1.54) is 38.2 Å². The van der Waals surface area contributed by atoms with Crippen molar-refractivity contribution in [2.24, 2.45) is 0 Å². The molecule has 0 bridgehead atoms. The molecule has 6 heteroatoms. The molecule has 0 saturated carbocycles. The van der Waals surface area contributed by atoms with Crippen LogP contribution in [-0.4, -0.2) is 55.3 Å². The SMILES string of the molecule is CCCCCCCCCC=CC(O)=CC(=O)OC(CC(=O)[O-])C[N+](C)(C)C. The van der Waals surface area contributed by atoms with Crippen molar-refractivity contribution in [1.82, 2.24) is 0 Å². The predicted molar refractivity (Wildman–Crippen MR) is 105 cm³/mol. The van der Waals surface area contributed by atoms with Crippen LogP contribution >= 0.6 is 0 Å². The second-order valence-corrected chi connectivity index (χ2v) is 7.99. The van der Waals surface area contributed by atoms with Gasteiger partial charge in [0.1, 0.15) is 12.3 Å². The van der Waals surface area contributed by atoms with Gasteiger partial charge in [0.2, 0.25) is 0 Å². The first-order chi connectivity index (χ1) is 12.6. The fourth-order valence-electron chi connectivity index (χ4n) is 2.73. The zero-order chi connectivity index (χ0) is 20.7. The fourth-order valence-corrected chi connectivity index (χ4v) is 2.73. The van der Waals surface area contributed by atoms with Gasteiger partial charge in [0.15, 0.2) is 6.10 Å². The van der Waals surface area contributed by atoms with E-state index < -0.39 is 18.0 Å². The number of allylic oxidation sites excluding steroid dienone is 2. The summed E-state index contributed by atoms with van der Waals surface area (Å²) in [7, 11) is 5.61. The number of hydrogen-bond donors (Lipinski definition) is 1. The molecule has 156 valence electrons. The highest BCUT2D eigenvalue weighted by Gasteiger charge is 2.21. The third-order valence-electron chi connectivity index (χ3n) is 3.96. The Labute approximate surface area is 164 Å². The first-order valence-corrected chi connectivity index (χ1v) is 9.92. The molecule has 0 fully saturated rings. The summed E-state index contributed by atoms with van der Waals surface area (Å²) in [6.45, 7) is 2.54. The quantitative estimate of drug-likeness (QED) is 0.117. The number of nitrogens with zero attached hydrogens (tertiary/aromatic N) is 1. The van der Waals surface area contributed by atoms with Gasteiger partial charge in [0.25, 0.3) is 0 Å². The standard InChI is InChI=1S/C21H37NO5/c1-5-6-7-8-9-10-11-12-13-14-18(23)15-21(26)27-19(16-20(24)25)17-22(2,3)4/h13-15,19H,5-12,16-17H2,1-4H3,(H-,23,24,25,26). The zero-order valence-electron chi connectivity index (χ0n) is 17.4. The van der Waals surface area contributed by atoms with Gasteiger partial charge in [-0.3, -0.25) is 0 Å². The molecule has 0 spiro atoms. The van der Waals surface area contributed by atoms with E-state index in [1.54, 1.807) is 0 Å². The minimum atomic E-state index is -1.27. The molecule has 0 radical (unpaired) electrons. The Morgan fingerprint density at radius 3 is 2.22 bits per heavy atom. The van der Waals surface area contributed by atoms with Crippen LogP contribution in [0.2, 0.25) is 0 Å². The summed E-state index contributed by atoms with van der Waals surface area (Å²) in [5, 5.41) is 20.6. The number of carboxylic acid groups (broad SMARTS) is 1. The number of aliphatic hydroxyl groups is 1. The first-order valence-electron chi connectivity index (χ1n) is 9.92. The van der Waals surface area contributed by atoms with E-state index in [0.717, 1.165) is 25.3 Å². The second-order valence-electron chi connectivity index (χ2n) is 7.99. The Bertz CT molecular complexity index is 491. The predicted octanol–water partition coefficient (Wildman–Crippen LogP) is 2.88. The Balaban J connectivity index is 4.25. The van der Waals surface area contributed by atoms with Crippen LogP contribution in [0.1, 0.15) is 64.7 Å². The number of hydrogen-bond acceptors (Lipinski definition) is 5. The van der Waals surface area contributed by atoms with Gasteiger partial charge in [-0.15, -0.1) is 0 Å². The summed E-state index contributed by atoms with van der Waals surface area (Å²) < 4.78 is 5.60. The number of esters is 1. The van der Waals surface area contributed by atoms with Crippen molar-refractivity contribution in [1.29, 1.82) is 0 Å². The summed E-state index contributed by atoms with van der Waals surface area (Å²) in [6.07, 6.45) is 12.5. The fraction of sp³-hybridized carbons (Fsp3) is 0.714. The molecule has 27 heavy (non-hydrogen) atoms. The molecule has 0 heterocycles. The summed E-state index contributed by atoms with van der Waals surface area (Å²) >= 11 is 0. The molecule has 0 saturated heterocycles. The molecule has 6 nitrogen and oxygen atoms in total. The molecule has 0 aliphatic rings. The number of carbonyl (C=O) groups is 2. The highest BCUT2D eigenvalue weighted by atomic mass is 16.5. The second kappa shape index (κ2) is 14.3. The minimum Gasteiger partial charge on any atom is -0.550 e. The molecule has 0 aromatic carbocycles. The van der Waals surface area contributed by atoms with Gasteiger partial charge in [-0.05, 0) is 18.9 Å². The largest absolute Gasteiger partial charge is 0.550 e. The topological polar surface area (TPSA) is 86.7 Å².